The van der Waals surface area contributed by atoms with Crippen molar-refractivity contribution in [2.75, 3.05) is 11.9 Å². The van der Waals surface area contributed by atoms with Gasteiger partial charge in [-0.3, -0.25) is 9.78 Å². The summed E-state index contributed by atoms with van der Waals surface area (Å²) >= 11 is 0. The van der Waals surface area contributed by atoms with E-state index in [0.717, 1.165) is 0 Å². The number of ether oxygens (including phenoxy) is 1. The number of halogens is 1. The van der Waals surface area contributed by atoms with E-state index in [-0.39, 0.29) is 18.3 Å². The largest absolute Gasteiger partial charge is 0.437 e. The first kappa shape index (κ1) is 19.9. The molecule has 0 saturated carbocycles. The van der Waals surface area contributed by atoms with Gasteiger partial charge in [0.25, 0.3) is 0 Å². The fourth-order valence-corrected chi connectivity index (χ4v) is 2.31. The molecule has 1 amide bonds. The van der Waals surface area contributed by atoms with E-state index in [2.05, 4.69) is 15.3 Å². The van der Waals surface area contributed by atoms with Crippen molar-refractivity contribution in [1.29, 1.82) is 0 Å². The van der Waals surface area contributed by atoms with Crippen molar-refractivity contribution >= 4 is 24.0 Å². The van der Waals surface area contributed by atoms with Gasteiger partial charge < -0.3 is 15.8 Å². The summed E-state index contributed by atoms with van der Waals surface area (Å²) in [7, 11) is 0. The van der Waals surface area contributed by atoms with Crippen LogP contribution < -0.4 is 15.8 Å². The molecule has 0 atom stereocenters. The summed E-state index contributed by atoms with van der Waals surface area (Å²) in [4.78, 5) is 20.5. The van der Waals surface area contributed by atoms with E-state index in [9.17, 15) is 4.79 Å². The van der Waals surface area contributed by atoms with Crippen LogP contribution in [0.5, 0.6) is 11.6 Å². The molecule has 1 heterocycles. The summed E-state index contributed by atoms with van der Waals surface area (Å²) in [6.07, 6.45) is 6.05. The molecule has 6 nitrogen and oxygen atoms in total. The third-order valence-electron chi connectivity index (χ3n) is 4.08. The van der Waals surface area contributed by atoms with Gasteiger partial charge in [-0.2, -0.15) is 0 Å². The van der Waals surface area contributed by atoms with Gasteiger partial charge in [0, 0.05) is 30.7 Å². The highest BCUT2D eigenvalue weighted by molar-refractivity contribution is 5.95. The first-order valence-electron chi connectivity index (χ1n) is 7.69. The van der Waals surface area contributed by atoms with Crippen LogP contribution in [-0.2, 0) is 4.79 Å². The van der Waals surface area contributed by atoms with E-state index in [1.165, 1.54) is 6.20 Å². The zero-order chi connectivity index (χ0) is 16.7. The van der Waals surface area contributed by atoms with Crippen molar-refractivity contribution in [3.63, 3.8) is 0 Å². The number of carbonyl (C=O) groups is 1. The highest BCUT2D eigenvalue weighted by atomic mass is 35.5. The topological polar surface area (TPSA) is 90.1 Å². The molecule has 2 rings (SSSR count). The molecule has 2 aromatic rings. The smallest absolute Gasteiger partial charge is 0.237 e. The Bertz CT molecular complexity index is 640. The maximum Gasteiger partial charge on any atom is 0.237 e. The molecular weight excluding hydrogens is 328 g/mol. The molecule has 0 radical (unpaired) electrons. The first-order chi connectivity index (χ1) is 11.1. The van der Waals surface area contributed by atoms with Gasteiger partial charge >= 0.3 is 0 Å². The molecule has 3 N–H and O–H groups in total. The molecule has 130 valence electrons. The Balaban J connectivity index is 0.00000288. The van der Waals surface area contributed by atoms with Gasteiger partial charge in [0.2, 0.25) is 11.8 Å². The Hall–Kier alpha value is -2.18. The lowest BCUT2D eigenvalue weighted by atomic mass is 9.81. The lowest BCUT2D eigenvalue weighted by Crippen LogP contribution is -2.41. The Kier molecular flexibility index (Phi) is 7.61. The molecule has 0 bridgehead atoms. The van der Waals surface area contributed by atoms with Crippen LogP contribution in [0.2, 0.25) is 0 Å². The van der Waals surface area contributed by atoms with Gasteiger partial charge in [0.05, 0.1) is 11.6 Å². The number of rotatable bonds is 7. The number of hydrogen-bond acceptors (Lipinski definition) is 5. The Morgan fingerprint density at radius 3 is 2.62 bits per heavy atom. The maximum absolute atomic E-state index is 12.5. The number of aromatic nitrogens is 2. The second-order valence-electron chi connectivity index (χ2n) is 5.32. The summed E-state index contributed by atoms with van der Waals surface area (Å²) in [5.74, 6) is 0.908. The van der Waals surface area contributed by atoms with Crippen molar-refractivity contribution in [1.82, 2.24) is 9.97 Å². The first-order valence-corrected chi connectivity index (χ1v) is 7.69. The minimum absolute atomic E-state index is 0. The Morgan fingerprint density at radius 1 is 1.29 bits per heavy atom. The molecule has 1 aromatic carbocycles. The molecule has 0 unspecified atom stereocenters. The van der Waals surface area contributed by atoms with Crippen LogP contribution in [0.25, 0.3) is 0 Å². The van der Waals surface area contributed by atoms with E-state index >= 15 is 0 Å². The molecule has 1 aromatic heterocycles. The van der Waals surface area contributed by atoms with Crippen LogP contribution in [0.4, 0.5) is 5.69 Å². The molecule has 0 fully saturated rings. The average Bonchev–Trinajstić information content (AvgIpc) is 2.58. The summed E-state index contributed by atoms with van der Waals surface area (Å²) in [5.41, 5.74) is 5.94. The number of carbonyl (C=O) groups excluding carboxylic acids is 1. The number of amides is 1. The minimum atomic E-state index is -0.540. The molecule has 24 heavy (non-hydrogen) atoms. The van der Waals surface area contributed by atoms with E-state index in [4.69, 9.17) is 10.5 Å². The molecular formula is C17H23ClN4O2. The number of benzene rings is 1. The van der Waals surface area contributed by atoms with Gasteiger partial charge in [-0.25, -0.2) is 4.98 Å². The van der Waals surface area contributed by atoms with Crippen molar-refractivity contribution in [2.24, 2.45) is 11.1 Å². The summed E-state index contributed by atoms with van der Waals surface area (Å²) < 4.78 is 5.62. The van der Waals surface area contributed by atoms with Crippen LogP contribution >= 0.6 is 12.4 Å². The molecule has 0 spiro atoms. The fraction of sp³-hybridized carbons (Fsp3) is 0.353. The lowest BCUT2D eigenvalue weighted by molar-refractivity contribution is -0.125. The van der Waals surface area contributed by atoms with E-state index < -0.39 is 5.41 Å². The van der Waals surface area contributed by atoms with Gasteiger partial charge in [-0.05, 0) is 25.0 Å². The number of hydrogen-bond donors (Lipinski definition) is 2. The fourth-order valence-electron chi connectivity index (χ4n) is 2.31. The van der Waals surface area contributed by atoms with Crippen LogP contribution in [0, 0.1) is 5.41 Å². The van der Waals surface area contributed by atoms with Gasteiger partial charge in [0.1, 0.15) is 5.75 Å². The Labute approximate surface area is 148 Å². The second-order valence-corrected chi connectivity index (χ2v) is 5.32. The Morgan fingerprint density at radius 2 is 2.04 bits per heavy atom. The van der Waals surface area contributed by atoms with E-state index in [1.807, 2.05) is 26.0 Å². The summed E-state index contributed by atoms with van der Waals surface area (Å²) in [5, 5.41) is 2.93. The molecule has 0 saturated heterocycles. The summed E-state index contributed by atoms with van der Waals surface area (Å²) in [6.45, 7) is 4.27. The average molecular weight is 351 g/mol. The molecule has 0 aliphatic heterocycles. The van der Waals surface area contributed by atoms with Crippen molar-refractivity contribution in [3.05, 3.63) is 42.9 Å². The van der Waals surface area contributed by atoms with Crippen LogP contribution in [0.15, 0.2) is 42.9 Å². The van der Waals surface area contributed by atoms with Crippen LogP contribution in [0.1, 0.15) is 26.7 Å². The maximum atomic E-state index is 12.5. The van der Waals surface area contributed by atoms with Crippen molar-refractivity contribution < 1.29 is 9.53 Å². The molecule has 0 aliphatic carbocycles. The van der Waals surface area contributed by atoms with Crippen LogP contribution in [-0.4, -0.2) is 22.4 Å². The molecule has 7 heteroatoms. The number of nitrogens with two attached hydrogens (primary N) is 1. The monoisotopic (exact) mass is 350 g/mol. The van der Waals surface area contributed by atoms with Gasteiger partial charge in [-0.15, -0.1) is 12.4 Å². The zero-order valence-corrected chi connectivity index (χ0v) is 14.7. The third kappa shape index (κ3) is 4.66. The zero-order valence-electron chi connectivity index (χ0n) is 13.9. The highest BCUT2D eigenvalue weighted by Gasteiger charge is 2.33. The second kappa shape index (κ2) is 9.20. The summed E-state index contributed by atoms with van der Waals surface area (Å²) in [6, 6.07) is 7.16. The predicted octanol–water partition coefficient (Wildman–Crippen LogP) is 3.39. The van der Waals surface area contributed by atoms with E-state index in [0.29, 0.717) is 36.7 Å². The normalized spacial score (nSPS) is 10.6. The van der Waals surface area contributed by atoms with Gasteiger partial charge in [-0.1, -0.05) is 19.9 Å². The quantitative estimate of drug-likeness (QED) is 0.798. The third-order valence-corrected chi connectivity index (χ3v) is 4.08. The highest BCUT2D eigenvalue weighted by Crippen LogP contribution is 2.28. The van der Waals surface area contributed by atoms with Crippen LogP contribution in [0.3, 0.4) is 0 Å². The van der Waals surface area contributed by atoms with Crippen molar-refractivity contribution in [2.45, 2.75) is 26.7 Å². The minimum Gasteiger partial charge on any atom is -0.437 e. The number of nitrogens with one attached hydrogen (secondary N) is 1. The van der Waals surface area contributed by atoms with Gasteiger partial charge in [0.15, 0.2) is 0 Å². The standard InChI is InChI=1S/C17H22N4O2.ClH/c1-3-17(4-2,12-18)16(22)21-13-6-5-7-14(10-13)23-15-11-19-8-9-20-15;/h5-11H,3-4,12,18H2,1-2H3,(H,21,22);1H. The lowest BCUT2D eigenvalue weighted by Gasteiger charge is -2.28. The predicted molar refractivity (Wildman–Crippen MR) is 96.5 cm³/mol. The molecule has 0 aliphatic rings. The SMILES string of the molecule is CCC(CC)(CN)C(=O)Nc1cccc(Oc2cnccn2)c1.Cl. The van der Waals surface area contributed by atoms with E-state index in [1.54, 1.807) is 24.5 Å². The number of anilines is 1. The van der Waals surface area contributed by atoms with Crippen molar-refractivity contribution in [3.8, 4) is 11.6 Å². The number of nitrogens with zero attached hydrogens (tertiary/aromatic N) is 2.